The lowest BCUT2D eigenvalue weighted by Gasteiger charge is -2.00. The maximum absolute atomic E-state index is 13.6. The fourth-order valence-electron chi connectivity index (χ4n) is 2.34. The third-order valence-corrected chi connectivity index (χ3v) is 3.96. The first-order chi connectivity index (χ1) is 12.8. The van der Waals surface area contributed by atoms with Gasteiger partial charge in [-0.2, -0.15) is 0 Å². The summed E-state index contributed by atoms with van der Waals surface area (Å²) in [6.07, 6.45) is 2.42. The second-order valence-corrected chi connectivity index (χ2v) is 5.85. The zero-order valence-electron chi connectivity index (χ0n) is 13.5. The van der Waals surface area contributed by atoms with E-state index in [9.17, 15) is 23.7 Å². The lowest BCUT2D eigenvalue weighted by atomic mass is 10.1. The molecule has 0 radical (unpaired) electrons. The van der Waals surface area contributed by atoms with E-state index in [1.165, 1.54) is 24.3 Å². The summed E-state index contributed by atoms with van der Waals surface area (Å²) in [5, 5.41) is 10.9. The Kier molecular flexibility index (Phi) is 5.14. The van der Waals surface area contributed by atoms with Gasteiger partial charge in [0, 0.05) is 23.8 Å². The number of carbonyl (C=O) groups excluding carboxylic acids is 1. The second kappa shape index (κ2) is 7.51. The molecule has 0 atom stereocenters. The van der Waals surface area contributed by atoms with Crippen LogP contribution in [0.25, 0.3) is 17.4 Å². The highest BCUT2D eigenvalue weighted by atomic mass is 35.5. The van der Waals surface area contributed by atoms with Gasteiger partial charge in [0.2, 0.25) is 0 Å². The maximum Gasteiger partial charge on any atom is 0.270 e. The molecule has 0 spiro atoms. The van der Waals surface area contributed by atoms with Gasteiger partial charge in [-0.15, -0.1) is 0 Å². The van der Waals surface area contributed by atoms with Crippen molar-refractivity contribution < 1.29 is 22.9 Å². The number of nitrogens with zero attached hydrogens (tertiary/aromatic N) is 1. The predicted molar refractivity (Wildman–Crippen MR) is 95.5 cm³/mol. The zero-order chi connectivity index (χ0) is 19.6. The minimum Gasteiger partial charge on any atom is -0.457 e. The minimum absolute atomic E-state index is 0.138. The van der Waals surface area contributed by atoms with Crippen molar-refractivity contribution in [3.63, 3.8) is 0 Å². The third-order valence-electron chi connectivity index (χ3n) is 3.65. The van der Waals surface area contributed by atoms with Crippen LogP contribution in [0.2, 0.25) is 5.02 Å². The van der Waals surface area contributed by atoms with Gasteiger partial charge in [0.1, 0.15) is 23.2 Å². The first-order valence-electron chi connectivity index (χ1n) is 7.57. The number of halogens is 3. The van der Waals surface area contributed by atoms with Crippen LogP contribution in [-0.4, -0.2) is 10.7 Å². The highest BCUT2D eigenvalue weighted by Crippen LogP contribution is 2.32. The number of hydrogen-bond acceptors (Lipinski definition) is 4. The number of ketones is 1. The second-order valence-electron chi connectivity index (χ2n) is 5.45. The van der Waals surface area contributed by atoms with Crippen molar-refractivity contribution >= 4 is 29.1 Å². The molecule has 0 aliphatic carbocycles. The van der Waals surface area contributed by atoms with Crippen LogP contribution in [0, 0.1) is 21.7 Å². The minimum atomic E-state index is -0.956. The summed E-state index contributed by atoms with van der Waals surface area (Å²) in [4.78, 5) is 22.2. The molecule has 0 saturated heterocycles. The van der Waals surface area contributed by atoms with Gasteiger partial charge in [0.15, 0.2) is 5.78 Å². The summed E-state index contributed by atoms with van der Waals surface area (Å²) < 4.78 is 32.0. The van der Waals surface area contributed by atoms with E-state index in [1.807, 2.05) is 0 Å². The molecule has 3 rings (SSSR count). The van der Waals surface area contributed by atoms with Crippen LogP contribution >= 0.6 is 11.6 Å². The number of non-ortho nitro benzene ring substituents is 1. The molecule has 8 heteroatoms. The molecule has 0 unspecified atom stereocenters. The molecular weight excluding hydrogens is 380 g/mol. The van der Waals surface area contributed by atoms with Crippen LogP contribution in [0.1, 0.15) is 16.1 Å². The van der Waals surface area contributed by atoms with E-state index in [-0.39, 0.29) is 22.0 Å². The van der Waals surface area contributed by atoms with Crippen molar-refractivity contribution in [3.05, 3.63) is 92.7 Å². The molecule has 0 N–H and O–H groups in total. The molecule has 0 bridgehead atoms. The van der Waals surface area contributed by atoms with E-state index in [2.05, 4.69) is 0 Å². The van der Waals surface area contributed by atoms with Gasteiger partial charge in [0.05, 0.1) is 15.5 Å². The Morgan fingerprint density at radius 2 is 1.89 bits per heavy atom. The number of nitro groups is 1. The number of nitro benzene ring substituents is 1. The lowest BCUT2D eigenvalue weighted by Crippen LogP contribution is -1.98. The van der Waals surface area contributed by atoms with Gasteiger partial charge in [-0.1, -0.05) is 11.6 Å². The number of rotatable bonds is 5. The fourth-order valence-corrected chi connectivity index (χ4v) is 2.61. The lowest BCUT2D eigenvalue weighted by molar-refractivity contribution is -0.384. The van der Waals surface area contributed by atoms with Gasteiger partial charge < -0.3 is 4.42 Å². The van der Waals surface area contributed by atoms with Gasteiger partial charge in [0.25, 0.3) is 5.69 Å². The van der Waals surface area contributed by atoms with Crippen LogP contribution in [-0.2, 0) is 0 Å². The van der Waals surface area contributed by atoms with Gasteiger partial charge in [-0.3, -0.25) is 14.9 Å². The van der Waals surface area contributed by atoms with Crippen LogP contribution in [0.15, 0.2) is 59.0 Å². The highest BCUT2D eigenvalue weighted by molar-refractivity contribution is 6.33. The number of hydrogen-bond donors (Lipinski definition) is 0. The monoisotopic (exact) mass is 389 g/mol. The summed E-state index contributed by atoms with van der Waals surface area (Å²) in [7, 11) is 0. The van der Waals surface area contributed by atoms with E-state index < -0.39 is 22.3 Å². The quantitative estimate of drug-likeness (QED) is 0.243. The molecule has 0 amide bonds. The fraction of sp³-hybridized carbons (Fsp3) is 0. The standard InChI is InChI=1S/C19H10ClF2NO4/c20-16-10-12(23(25)26)2-6-14(16)19-8-4-13(27-19)3-7-18(24)15-5-1-11(21)9-17(15)22/h1-10H/b7-3+. The van der Waals surface area contributed by atoms with E-state index >= 15 is 0 Å². The smallest absolute Gasteiger partial charge is 0.270 e. The summed E-state index contributed by atoms with van der Waals surface area (Å²) in [6.45, 7) is 0. The Balaban J connectivity index is 1.81. The SMILES string of the molecule is O=C(/C=C/c1ccc(-c2ccc([N+](=O)[O-])cc2Cl)o1)c1ccc(F)cc1F. The average molecular weight is 390 g/mol. The predicted octanol–water partition coefficient (Wildman–Crippen LogP) is 5.68. The summed E-state index contributed by atoms with van der Waals surface area (Å²) in [5.41, 5.74) is 0.0259. The van der Waals surface area contributed by atoms with Crippen LogP contribution < -0.4 is 0 Å². The Morgan fingerprint density at radius 3 is 2.56 bits per heavy atom. The number of carbonyl (C=O) groups is 1. The van der Waals surface area contributed by atoms with Crippen molar-refractivity contribution in [3.8, 4) is 11.3 Å². The third kappa shape index (κ3) is 4.09. The van der Waals surface area contributed by atoms with E-state index in [0.29, 0.717) is 17.4 Å². The van der Waals surface area contributed by atoms with Gasteiger partial charge >= 0.3 is 0 Å². The van der Waals surface area contributed by atoms with Crippen LogP contribution in [0.5, 0.6) is 0 Å². The van der Waals surface area contributed by atoms with E-state index in [0.717, 1.165) is 18.2 Å². The van der Waals surface area contributed by atoms with Gasteiger partial charge in [-0.05, 0) is 42.5 Å². The number of allylic oxidation sites excluding steroid dienone is 1. The molecule has 0 fully saturated rings. The first-order valence-corrected chi connectivity index (χ1v) is 7.94. The molecule has 5 nitrogen and oxygen atoms in total. The topological polar surface area (TPSA) is 73.3 Å². The van der Waals surface area contributed by atoms with Gasteiger partial charge in [-0.25, -0.2) is 8.78 Å². The summed E-state index contributed by atoms with van der Waals surface area (Å²) in [5.74, 6) is -1.75. The van der Waals surface area contributed by atoms with E-state index in [1.54, 1.807) is 12.1 Å². The number of furan rings is 1. The Labute approximate surface area is 156 Å². The molecule has 3 aromatic rings. The van der Waals surface area contributed by atoms with Crippen molar-refractivity contribution in [2.75, 3.05) is 0 Å². The molecule has 0 aliphatic heterocycles. The van der Waals surface area contributed by atoms with E-state index in [4.69, 9.17) is 16.0 Å². The zero-order valence-corrected chi connectivity index (χ0v) is 14.2. The molecule has 136 valence electrons. The average Bonchev–Trinajstić information content (AvgIpc) is 3.08. The highest BCUT2D eigenvalue weighted by Gasteiger charge is 2.14. The summed E-state index contributed by atoms with van der Waals surface area (Å²) >= 11 is 6.05. The Morgan fingerprint density at radius 1 is 1.11 bits per heavy atom. The van der Waals surface area contributed by atoms with Crippen molar-refractivity contribution in [1.82, 2.24) is 0 Å². The largest absolute Gasteiger partial charge is 0.457 e. The van der Waals surface area contributed by atoms with Crippen molar-refractivity contribution in [1.29, 1.82) is 0 Å². The van der Waals surface area contributed by atoms with Crippen LogP contribution in [0.4, 0.5) is 14.5 Å². The molecular formula is C19H10ClF2NO4. The van der Waals surface area contributed by atoms with Crippen LogP contribution in [0.3, 0.4) is 0 Å². The Hall–Kier alpha value is -3.32. The normalized spacial score (nSPS) is 11.1. The first kappa shape index (κ1) is 18.5. The van der Waals surface area contributed by atoms with Crippen molar-refractivity contribution in [2.45, 2.75) is 0 Å². The summed E-state index contributed by atoms with van der Waals surface area (Å²) in [6, 6.07) is 9.76. The molecule has 27 heavy (non-hydrogen) atoms. The molecule has 1 aromatic heterocycles. The Bertz CT molecular complexity index is 1080. The maximum atomic E-state index is 13.6. The molecule has 0 aliphatic rings. The van der Waals surface area contributed by atoms with Crippen molar-refractivity contribution in [2.24, 2.45) is 0 Å². The molecule has 1 heterocycles. The molecule has 0 saturated carbocycles. The number of benzene rings is 2. The molecule has 2 aromatic carbocycles.